The van der Waals surface area contributed by atoms with Gasteiger partial charge >= 0.3 is 12.1 Å². The number of halogens is 3. The van der Waals surface area contributed by atoms with E-state index in [0.29, 0.717) is 30.3 Å². The van der Waals surface area contributed by atoms with Crippen molar-refractivity contribution in [1.29, 1.82) is 0 Å². The maximum absolute atomic E-state index is 13.5. The monoisotopic (exact) mass is 504 g/mol. The van der Waals surface area contributed by atoms with Crippen molar-refractivity contribution in [1.82, 2.24) is 4.90 Å². The van der Waals surface area contributed by atoms with Crippen molar-refractivity contribution in [2.75, 3.05) is 20.2 Å². The number of carboxylic acids is 1. The molecule has 4 rings (SSSR count). The molecule has 9 heteroatoms. The number of fused-ring (bicyclic) bond motifs is 1. The minimum absolute atomic E-state index is 0.0925. The maximum atomic E-state index is 13.5. The number of hydrogen-bond acceptors (Lipinski definition) is 5. The van der Waals surface area contributed by atoms with Crippen molar-refractivity contribution in [3.05, 3.63) is 64.2 Å². The fraction of sp³-hybridized carbons (Fsp3) is 0.481. The van der Waals surface area contributed by atoms with E-state index in [4.69, 9.17) is 14.7 Å². The van der Waals surface area contributed by atoms with E-state index in [1.807, 2.05) is 19.2 Å². The Morgan fingerprint density at radius 3 is 2.64 bits per heavy atom. The Morgan fingerprint density at radius 1 is 1.17 bits per heavy atom. The van der Waals surface area contributed by atoms with E-state index < -0.39 is 17.7 Å². The normalized spacial score (nSPS) is 17.8. The summed E-state index contributed by atoms with van der Waals surface area (Å²) in [6.07, 6.45) is -0.612. The van der Waals surface area contributed by atoms with Gasteiger partial charge in [0.1, 0.15) is 12.4 Å². The average Bonchev–Trinajstić information content (AvgIpc) is 3.57. The second kappa shape index (κ2) is 10.9. The van der Waals surface area contributed by atoms with Crippen LogP contribution in [0.4, 0.5) is 13.2 Å². The summed E-state index contributed by atoms with van der Waals surface area (Å²) >= 11 is 0. The number of aryl methyl sites for hydroxylation is 1. The number of carboxylic acid groups (broad SMARTS) is 1. The van der Waals surface area contributed by atoms with Crippen LogP contribution >= 0.6 is 0 Å². The van der Waals surface area contributed by atoms with Crippen LogP contribution in [0, 0.1) is 5.92 Å². The number of aliphatic carboxylic acids is 1. The van der Waals surface area contributed by atoms with Crippen LogP contribution < -0.4 is 4.74 Å². The predicted octanol–water partition coefficient (Wildman–Crippen LogP) is 5.83. The maximum Gasteiger partial charge on any atom is 0.419 e. The first-order valence-corrected chi connectivity index (χ1v) is 12.2. The number of ether oxygens (including phenoxy) is 1. The molecule has 1 unspecified atom stereocenters. The van der Waals surface area contributed by atoms with E-state index in [0.717, 1.165) is 37.3 Å². The van der Waals surface area contributed by atoms with Crippen LogP contribution in [0.2, 0.25) is 0 Å². The molecule has 1 saturated carbocycles. The Labute approximate surface area is 208 Å². The quantitative estimate of drug-likeness (QED) is 0.308. The number of hydrogen-bond donors (Lipinski definition) is 1. The van der Waals surface area contributed by atoms with E-state index in [-0.39, 0.29) is 24.8 Å². The summed E-state index contributed by atoms with van der Waals surface area (Å²) in [5.41, 5.74) is 3.43. The van der Waals surface area contributed by atoms with Gasteiger partial charge in [0.15, 0.2) is 0 Å². The summed E-state index contributed by atoms with van der Waals surface area (Å²) in [6, 6.07) is 10.2. The second-order valence-corrected chi connectivity index (χ2v) is 9.63. The molecule has 2 aliphatic rings. The molecule has 194 valence electrons. The molecule has 0 saturated heterocycles. The number of alkyl halides is 3. The molecule has 1 fully saturated rings. The van der Waals surface area contributed by atoms with E-state index in [2.05, 4.69) is 16.1 Å². The van der Waals surface area contributed by atoms with Crippen LogP contribution in [0.5, 0.6) is 5.75 Å². The lowest BCUT2D eigenvalue weighted by Crippen LogP contribution is -2.25. The number of carbonyl (C=O) groups is 1. The van der Waals surface area contributed by atoms with Crippen LogP contribution in [-0.2, 0) is 28.8 Å². The third kappa shape index (κ3) is 6.57. The molecule has 1 atom stereocenters. The molecule has 2 aromatic rings. The van der Waals surface area contributed by atoms with Gasteiger partial charge in [-0.15, -0.1) is 0 Å². The van der Waals surface area contributed by atoms with E-state index in [9.17, 15) is 18.0 Å². The lowest BCUT2D eigenvalue weighted by molar-refractivity contribution is -0.139. The Hall–Kier alpha value is -3.07. The lowest BCUT2D eigenvalue weighted by atomic mass is 10.0. The first-order chi connectivity index (χ1) is 17.1. The third-order valence-corrected chi connectivity index (χ3v) is 6.77. The van der Waals surface area contributed by atoms with E-state index in [1.165, 1.54) is 17.2 Å². The molecule has 2 aromatic carbocycles. The van der Waals surface area contributed by atoms with Gasteiger partial charge in [0.25, 0.3) is 0 Å². The van der Waals surface area contributed by atoms with Gasteiger partial charge in [-0.25, -0.2) is 0 Å². The highest BCUT2D eigenvalue weighted by Gasteiger charge is 2.35. The van der Waals surface area contributed by atoms with Gasteiger partial charge < -0.3 is 14.7 Å². The fourth-order valence-electron chi connectivity index (χ4n) is 4.47. The molecule has 36 heavy (non-hydrogen) atoms. The van der Waals surface area contributed by atoms with Gasteiger partial charge in [0, 0.05) is 12.6 Å². The van der Waals surface area contributed by atoms with Gasteiger partial charge in [0.2, 0.25) is 0 Å². The number of benzene rings is 2. The summed E-state index contributed by atoms with van der Waals surface area (Å²) in [7, 11) is 1.94. The molecule has 1 N–H and O–H groups in total. The van der Waals surface area contributed by atoms with Crippen LogP contribution in [-0.4, -0.2) is 41.9 Å². The van der Waals surface area contributed by atoms with Gasteiger partial charge in [-0.05, 0) is 86.0 Å². The summed E-state index contributed by atoms with van der Waals surface area (Å²) < 4.78 is 46.0. The molecule has 0 heterocycles. The van der Waals surface area contributed by atoms with Crippen LogP contribution in [0.3, 0.4) is 0 Å². The van der Waals surface area contributed by atoms with Gasteiger partial charge in [-0.3, -0.25) is 9.69 Å². The summed E-state index contributed by atoms with van der Waals surface area (Å²) in [5.74, 6) is -0.605. The standard InChI is InChI=1S/C27H31F3N2O4/c1-17(20-6-8-22-21(14-20)7-9-24(22)32(2)12-11-26(33)34)31-36-16-19-5-10-25(35-15-18-3-4-18)23(13-19)27(28,29)30/h5-6,8,10,13-14,18,24H,3-4,7,9,11-12,15-16H2,1-2H3,(H,33,34)/b31-17+. The fourth-order valence-corrected chi connectivity index (χ4v) is 4.47. The Bertz CT molecular complexity index is 1130. The van der Waals surface area contributed by atoms with E-state index >= 15 is 0 Å². The van der Waals surface area contributed by atoms with Gasteiger partial charge in [-0.2, -0.15) is 13.2 Å². The number of rotatable bonds is 11. The van der Waals surface area contributed by atoms with Crippen molar-refractivity contribution in [3.63, 3.8) is 0 Å². The van der Waals surface area contributed by atoms with Crippen molar-refractivity contribution in [3.8, 4) is 5.75 Å². The molecule has 0 radical (unpaired) electrons. The SMILES string of the molecule is C/C(=N\OCc1ccc(OCC2CC2)c(C(F)(F)F)c1)c1ccc2c(c1)CCC2N(C)CCC(=O)O. The molecule has 2 aliphatic carbocycles. The first-order valence-electron chi connectivity index (χ1n) is 12.2. The van der Waals surface area contributed by atoms with Crippen LogP contribution in [0.1, 0.15) is 66.5 Å². The number of nitrogens with zero attached hydrogens (tertiary/aromatic N) is 2. The third-order valence-electron chi connectivity index (χ3n) is 6.77. The molecular formula is C27H31F3N2O4. The summed E-state index contributed by atoms with van der Waals surface area (Å²) in [6.45, 7) is 2.50. The summed E-state index contributed by atoms with van der Waals surface area (Å²) in [5, 5.41) is 13.1. The topological polar surface area (TPSA) is 71.4 Å². The zero-order chi connectivity index (χ0) is 25.9. The number of oxime groups is 1. The smallest absolute Gasteiger partial charge is 0.419 e. The van der Waals surface area contributed by atoms with E-state index in [1.54, 1.807) is 13.0 Å². The Balaban J connectivity index is 1.38. The highest BCUT2D eigenvalue weighted by Crippen LogP contribution is 2.39. The lowest BCUT2D eigenvalue weighted by Gasteiger charge is -2.24. The molecule has 6 nitrogen and oxygen atoms in total. The molecular weight excluding hydrogens is 473 g/mol. The van der Waals surface area contributed by atoms with Crippen molar-refractivity contribution in [2.45, 2.75) is 57.9 Å². The summed E-state index contributed by atoms with van der Waals surface area (Å²) in [4.78, 5) is 18.4. The zero-order valence-corrected chi connectivity index (χ0v) is 20.5. The Kier molecular flexibility index (Phi) is 7.88. The molecule has 0 spiro atoms. The minimum atomic E-state index is -4.52. The highest BCUT2D eigenvalue weighted by molar-refractivity contribution is 5.98. The second-order valence-electron chi connectivity index (χ2n) is 9.63. The molecule has 0 bridgehead atoms. The van der Waals surface area contributed by atoms with Crippen molar-refractivity contribution >= 4 is 11.7 Å². The zero-order valence-electron chi connectivity index (χ0n) is 20.5. The first kappa shape index (κ1) is 26.0. The minimum Gasteiger partial charge on any atom is -0.493 e. The molecule has 0 aromatic heterocycles. The van der Waals surface area contributed by atoms with Crippen LogP contribution in [0.25, 0.3) is 0 Å². The van der Waals surface area contributed by atoms with Crippen LogP contribution in [0.15, 0.2) is 41.6 Å². The van der Waals surface area contributed by atoms with Crippen molar-refractivity contribution < 1.29 is 32.6 Å². The molecule has 0 amide bonds. The predicted molar refractivity (Wildman–Crippen MR) is 129 cm³/mol. The average molecular weight is 505 g/mol. The van der Waals surface area contributed by atoms with Gasteiger partial charge in [-0.1, -0.05) is 23.4 Å². The van der Waals surface area contributed by atoms with Gasteiger partial charge in [0.05, 0.1) is 24.3 Å². The Morgan fingerprint density at radius 2 is 1.94 bits per heavy atom. The highest BCUT2D eigenvalue weighted by atomic mass is 19.4. The molecule has 0 aliphatic heterocycles. The van der Waals surface area contributed by atoms with Crippen molar-refractivity contribution in [2.24, 2.45) is 11.1 Å². The largest absolute Gasteiger partial charge is 0.493 e.